The summed E-state index contributed by atoms with van der Waals surface area (Å²) in [7, 11) is 1.65. The Morgan fingerprint density at radius 1 is 1.47 bits per heavy atom. The smallest absolute Gasteiger partial charge is 0.309 e. The van der Waals surface area contributed by atoms with Gasteiger partial charge in [0.25, 0.3) is 0 Å². The Bertz CT molecular complexity index is 340. The molecule has 0 unspecified atom stereocenters. The zero-order valence-corrected chi connectivity index (χ0v) is 9.83. The van der Waals surface area contributed by atoms with Gasteiger partial charge in [-0.15, -0.1) is 5.10 Å². The fraction of sp³-hybridized carbons (Fsp3) is 0.700. The second-order valence-electron chi connectivity index (χ2n) is 3.50. The molecule has 0 radical (unpaired) electrons. The van der Waals surface area contributed by atoms with E-state index in [4.69, 9.17) is 14.6 Å². The summed E-state index contributed by atoms with van der Waals surface area (Å²) >= 11 is 0. The first-order valence-corrected chi connectivity index (χ1v) is 5.40. The molecule has 1 heterocycles. The summed E-state index contributed by atoms with van der Waals surface area (Å²) in [5.41, 5.74) is 0.455. The highest BCUT2D eigenvalue weighted by Crippen LogP contribution is 1.95. The van der Waals surface area contributed by atoms with E-state index in [1.807, 2.05) is 0 Å². The molecule has 0 spiro atoms. The van der Waals surface area contributed by atoms with E-state index in [0.29, 0.717) is 32.1 Å². The Morgan fingerprint density at radius 2 is 2.29 bits per heavy atom. The molecular formula is C10H17N3O4. The molecule has 0 saturated heterocycles. The first-order valence-electron chi connectivity index (χ1n) is 5.40. The molecule has 0 aliphatic carbocycles. The lowest BCUT2D eigenvalue weighted by Crippen LogP contribution is -2.08. The standard InChI is InChI=1S/C10H17N3O4/c1-16-4-2-5-17-6-3-13-8-9(11-12-13)7-10(14)15/h8H,2-7H2,1H3,(H,14,15). The number of aliphatic carboxylic acids is 1. The van der Waals surface area contributed by atoms with Crippen LogP contribution in [0.5, 0.6) is 0 Å². The molecule has 0 fully saturated rings. The first-order chi connectivity index (χ1) is 8.22. The SMILES string of the molecule is COCCCOCCn1cc(CC(=O)O)nn1. The topological polar surface area (TPSA) is 86.5 Å². The van der Waals surface area contributed by atoms with Crippen LogP contribution in [0.25, 0.3) is 0 Å². The average Bonchev–Trinajstić information content (AvgIpc) is 2.70. The zero-order valence-electron chi connectivity index (χ0n) is 9.83. The molecule has 96 valence electrons. The number of rotatable bonds is 9. The van der Waals surface area contributed by atoms with Crippen molar-refractivity contribution >= 4 is 5.97 Å². The number of methoxy groups -OCH3 is 1. The highest BCUT2D eigenvalue weighted by molar-refractivity contribution is 5.69. The minimum Gasteiger partial charge on any atom is -0.481 e. The first kappa shape index (κ1) is 13.6. The Hall–Kier alpha value is -1.47. The molecule has 0 amide bonds. The maximum Gasteiger partial charge on any atom is 0.309 e. The van der Waals surface area contributed by atoms with Crippen LogP contribution in [0, 0.1) is 0 Å². The van der Waals surface area contributed by atoms with E-state index in [1.165, 1.54) is 0 Å². The average molecular weight is 243 g/mol. The Kier molecular flexibility index (Phi) is 6.19. The second kappa shape index (κ2) is 7.75. The minimum absolute atomic E-state index is 0.102. The van der Waals surface area contributed by atoms with E-state index in [2.05, 4.69) is 10.3 Å². The quantitative estimate of drug-likeness (QED) is 0.612. The summed E-state index contributed by atoms with van der Waals surface area (Å²) in [6.45, 7) is 2.43. The number of ether oxygens (including phenoxy) is 2. The lowest BCUT2D eigenvalue weighted by Gasteiger charge is -2.03. The highest BCUT2D eigenvalue weighted by Gasteiger charge is 2.05. The van der Waals surface area contributed by atoms with Crippen LogP contribution in [-0.2, 0) is 27.2 Å². The second-order valence-corrected chi connectivity index (χ2v) is 3.50. The monoisotopic (exact) mass is 243 g/mol. The van der Waals surface area contributed by atoms with Crippen molar-refractivity contribution in [1.29, 1.82) is 0 Å². The summed E-state index contributed by atoms with van der Waals surface area (Å²) < 4.78 is 11.8. The van der Waals surface area contributed by atoms with Crippen molar-refractivity contribution in [1.82, 2.24) is 15.0 Å². The molecule has 17 heavy (non-hydrogen) atoms. The minimum atomic E-state index is -0.909. The number of carbonyl (C=O) groups is 1. The van der Waals surface area contributed by atoms with Gasteiger partial charge in [0.05, 0.1) is 25.3 Å². The van der Waals surface area contributed by atoms with E-state index in [0.717, 1.165) is 6.42 Å². The third-order valence-electron chi connectivity index (χ3n) is 2.02. The van der Waals surface area contributed by atoms with Crippen molar-refractivity contribution < 1.29 is 19.4 Å². The van der Waals surface area contributed by atoms with Crippen LogP contribution in [0.4, 0.5) is 0 Å². The maximum absolute atomic E-state index is 10.4. The normalized spacial score (nSPS) is 10.6. The van der Waals surface area contributed by atoms with Crippen LogP contribution >= 0.6 is 0 Å². The number of hydrogen-bond acceptors (Lipinski definition) is 5. The summed E-state index contributed by atoms with van der Waals surface area (Å²) in [6, 6.07) is 0. The predicted molar refractivity (Wildman–Crippen MR) is 58.7 cm³/mol. The van der Waals surface area contributed by atoms with Gasteiger partial charge >= 0.3 is 5.97 Å². The molecule has 1 N–H and O–H groups in total. The van der Waals surface area contributed by atoms with Gasteiger partial charge in [-0.25, -0.2) is 4.68 Å². The van der Waals surface area contributed by atoms with Crippen LogP contribution in [0.1, 0.15) is 12.1 Å². The number of nitrogens with zero attached hydrogens (tertiary/aromatic N) is 3. The van der Waals surface area contributed by atoms with E-state index in [9.17, 15) is 4.79 Å². The summed E-state index contributed by atoms with van der Waals surface area (Å²) in [5.74, 6) is -0.909. The van der Waals surface area contributed by atoms with Crippen LogP contribution in [0.15, 0.2) is 6.20 Å². The number of aromatic nitrogens is 3. The van der Waals surface area contributed by atoms with Gasteiger partial charge in [0, 0.05) is 26.5 Å². The fourth-order valence-electron chi connectivity index (χ4n) is 1.25. The Morgan fingerprint density at radius 3 is 3.00 bits per heavy atom. The lowest BCUT2D eigenvalue weighted by molar-refractivity contribution is -0.136. The molecule has 0 atom stereocenters. The Balaban J connectivity index is 2.14. The van der Waals surface area contributed by atoms with Crippen LogP contribution < -0.4 is 0 Å². The van der Waals surface area contributed by atoms with E-state index in [1.54, 1.807) is 18.0 Å². The van der Waals surface area contributed by atoms with Gasteiger partial charge in [0.15, 0.2) is 0 Å². The third kappa shape index (κ3) is 5.98. The Labute approximate surface area is 99.3 Å². The van der Waals surface area contributed by atoms with Gasteiger partial charge in [-0.2, -0.15) is 0 Å². The van der Waals surface area contributed by atoms with Gasteiger partial charge < -0.3 is 14.6 Å². The maximum atomic E-state index is 10.4. The zero-order chi connectivity index (χ0) is 12.5. The van der Waals surface area contributed by atoms with Crippen LogP contribution in [0.3, 0.4) is 0 Å². The number of hydrogen-bond donors (Lipinski definition) is 1. The fourth-order valence-corrected chi connectivity index (χ4v) is 1.25. The summed E-state index contributed by atoms with van der Waals surface area (Å²) in [6.07, 6.45) is 2.37. The van der Waals surface area contributed by atoms with Gasteiger partial charge in [-0.3, -0.25) is 4.79 Å². The molecule has 0 aromatic carbocycles. The van der Waals surface area contributed by atoms with E-state index in [-0.39, 0.29) is 6.42 Å². The molecular weight excluding hydrogens is 226 g/mol. The lowest BCUT2D eigenvalue weighted by atomic mass is 10.3. The molecule has 1 aromatic rings. The molecule has 0 saturated carbocycles. The largest absolute Gasteiger partial charge is 0.481 e. The van der Waals surface area contributed by atoms with Crippen molar-refractivity contribution in [2.45, 2.75) is 19.4 Å². The molecule has 0 aliphatic rings. The third-order valence-corrected chi connectivity index (χ3v) is 2.02. The van der Waals surface area contributed by atoms with Crippen molar-refractivity contribution in [2.75, 3.05) is 26.9 Å². The molecule has 7 nitrogen and oxygen atoms in total. The molecule has 0 bridgehead atoms. The van der Waals surface area contributed by atoms with Crippen molar-refractivity contribution in [3.8, 4) is 0 Å². The van der Waals surface area contributed by atoms with Crippen LogP contribution in [-0.4, -0.2) is 53.0 Å². The molecule has 1 rings (SSSR count). The van der Waals surface area contributed by atoms with Crippen molar-refractivity contribution in [3.63, 3.8) is 0 Å². The van der Waals surface area contributed by atoms with E-state index >= 15 is 0 Å². The molecule has 7 heteroatoms. The summed E-state index contributed by atoms with van der Waals surface area (Å²) in [5, 5.41) is 16.1. The molecule has 1 aromatic heterocycles. The van der Waals surface area contributed by atoms with Crippen molar-refractivity contribution in [2.24, 2.45) is 0 Å². The number of carboxylic acids is 1. The van der Waals surface area contributed by atoms with E-state index < -0.39 is 5.97 Å². The van der Waals surface area contributed by atoms with Gasteiger partial charge in [-0.05, 0) is 6.42 Å². The summed E-state index contributed by atoms with van der Waals surface area (Å²) in [4.78, 5) is 10.4. The van der Waals surface area contributed by atoms with Gasteiger partial charge in [0.1, 0.15) is 0 Å². The van der Waals surface area contributed by atoms with Crippen molar-refractivity contribution in [3.05, 3.63) is 11.9 Å². The predicted octanol–water partition coefficient (Wildman–Crippen LogP) is -0.0417. The highest BCUT2D eigenvalue weighted by atomic mass is 16.5. The van der Waals surface area contributed by atoms with Gasteiger partial charge in [-0.1, -0.05) is 5.21 Å². The number of carboxylic acid groups (broad SMARTS) is 1. The molecule has 0 aliphatic heterocycles. The van der Waals surface area contributed by atoms with Gasteiger partial charge in [0.2, 0.25) is 0 Å². The van der Waals surface area contributed by atoms with Crippen LogP contribution in [0.2, 0.25) is 0 Å².